The number of nitrogens with two attached hydrogens (primary N) is 1. The minimum Gasteiger partial charge on any atom is -0.489 e. The number of halogens is 1. The molecule has 2 atom stereocenters. The molecule has 0 saturated heterocycles. The highest BCUT2D eigenvalue weighted by Crippen LogP contribution is 2.25. The molecule has 1 fully saturated rings. The van der Waals surface area contributed by atoms with Crippen LogP contribution in [0.5, 0.6) is 5.75 Å². The zero-order valence-electron chi connectivity index (χ0n) is 11.7. The molecule has 0 bridgehead atoms. The molecule has 0 radical (unpaired) electrons. The number of carbonyl (C=O) groups is 1. The van der Waals surface area contributed by atoms with Crippen molar-refractivity contribution in [2.75, 3.05) is 20.2 Å². The normalized spacial score (nSPS) is 21.8. The largest absolute Gasteiger partial charge is 0.489 e. The van der Waals surface area contributed by atoms with E-state index in [2.05, 4.69) is 0 Å². The quantitative estimate of drug-likeness (QED) is 0.894. The van der Waals surface area contributed by atoms with Crippen molar-refractivity contribution in [3.63, 3.8) is 0 Å². The van der Waals surface area contributed by atoms with Gasteiger partial charge < -0.3 is 15.4 Å². The molecule has 0 heterocycles. The summed E-state index contributed by atoms with van der Waals surface area (Å²) < 4.78 is 18.7. The Hall–Kier alpha value is -1.62. The van der Waals surface area contributed by atoms with Gasteiger partial charge in [-0.15, -0.1) is 0 Å². The summed E-state index contributed by atoms with van der Waals surface area (Å²) in [7, 11) is 1.75. The van der Waals surface area contributed by atoms with Crippen LogP contribution in [0.25, 0.3) is 0 Å². The molecule has 2 N–H and O–H groups in total. The van der Waals surface area contributed by atoms with Gasteiger partial charge in [-0.2, -0.15) is 0 Å². The third-order valence-corrected chi connectivity index (χ3v) is 3.72. The number of hydrogen-bond acceptors (Lipinski definition) is 3. The van der Waals surface area contributed by atoms with Crippen molar-refractivity contribution in [1.82, 2.24) is 4.90 Å². The third kappa shape index (κ3) is 3.70. The molecule has 1 aliphatic rings. The summed E-state index contributed by atoms with van der Waals surface area (Å²) in [6, 6.07) is 6.40. The molecule has 2 rings (SSSR count). The number of para-hydroxylation sites is 1. The Labute approximate surface area is 118 Å². The van der Waals surface area contributed by atoms with Gasteiger partial charge in [0.15, 0.2) is 11.6 Å². The van der Waals surface area contributed by atoms with Crippen LogP contribution in [0.4, 0.5) is 4.39 Å². The maximum atomic E-state index is 13.3. The van der Waals surface area contributed by atoms with Crippen molar-refractivity contribution in [2.45, 2.75) is 25.3 Å². The Morgan fingerprint density at radius 1 is 1.45 bits per heavy atom. The highest BCUT2D eigenvalue weighted by Gasteiger charge is 2.29. The predicted molar refractivity (Wildman–Crippen MR) is 74.8 cm³/mol. The van der Waals surface area contributed by atoms with E-state index in [9.17, 15) is 9.18 Å². The molecule has 4 nitrogen and oxygen atoms in total. The summed E-state index contributed by atoms with van der Waals surface area (Å²) in [4.78, 5) is 13.8. The molecule has 5 heteroatoms. The Morgan fingerprint density at radius 3 is 2.85 bits per heavy atom. The Balaban J connectivity index is 1.76. The van der Waals surface area contributed by atoms with E-state index in [0.29, 0.717) is 6.54 Å². The molecule has 0 aliphatic heterocycles. The maximum absolute atomic E-state index is 13.3. The number of amides is 1. The SMILES string of the molecule is CN(CCOc1ccccc1F)C(=O)[C@@H]1CC[C@@H](N)C1. The highest BCUT2D eigenvalue weighted by atomic mass is 19.1. The van der Waals surface area contributed by atoms with E-state index in [1.165, 1.54) is 6.07 Å². The van der Waals surface area contributed by atoms with Crippen LogP contribution in [-0.4, -0.2) is 37.0 Å². The number of hydrogen-bond donors (Lipinski definition) is 1. The molecule has 1 aliphatic carbocycles. The molecule has 1 amide bonds. The second-order valence-electron chi connectivity index (χ2n) is 5.31. The first-order valence-electron chi connectivity index (χ1n) is 6.96. The molecule has 110 valence electrons. The van der Waals surface area contributed by atoms with Gasteiger partial charge in [0.25, 0.3) is 0 Å². The molecule has 1 aromatic rings. The molecular weight excluding hydrogens is 259 g/mol. The monoisotopic (exact) mass is 280 g/mol. The van der Waals surface area contributed by atoms with Gasteiger partial charge in [-0.05, 0) is 31.4 Å². The zero-order chi connectivity index (χ0) is 14.5. The van der Waals surface area contributed by atoms with Gasteiger partial charge in [0, 0.05) is 19.0 Å². The minimum atomic E-state index is -0.386. The average Bonchev–Trinajstić information content (AvgIpc) is 2.86. The van der Waals surface area contributed by atoms with Gasteiger partial charge in [0.1, 0.15) is 6.61 Å². The van der Waals surface area contributed by atoms with Gasteiger partial charge in [-0.3, -0.25) is 4.79 Å². The number of nitrogens with zero attached hydrogens (tertiary/aromatic N) is 1. The zero-order valence-corrected chi connectivity index (χ0v) is 11.7. The van der Waals surface area contributed by atoms with Crippen LogP contribution in [0, 0.1) is 11.7 Å². The lowest BCUT2D eigenvalue weighted by Crippen LogP contribution is -2.35. The Kier molecular flexibility index (Phi) is 4.95. The van der Waals surface area contributed by atoms with Crippen LogP contribution < -0.4 is 10.5 Å². The fourth-order valence-electron chi connectivity index (χ4n) is 2.52. The predicted octanol–water partition coefficient (Wildman–Crippen LogP) is 1.79. The molecule has 0 spiro atoms. The van der Waals surface area contributed by atoms with E-state index in [1.807, 2.05) is 0 Å². The van der Waals surface area contributed by atoms with Crippen LogP contribution >= 0.6 is 0 Å². The lowest BCUT2D eigenvalue weighted by molar-refractivity contribution is -0.134. The number of benzene rings is 1. The van der Waals surface area contributed by atoms with Crippen molar-refractivity contribution in [2.24, 2.45) is 11.7 Å². The van der Waals surface area contributed by atoms with Crippen molar-refractivity contribution < 1.29 is 13.9 Å². The molecule has 1 aromatic carbocycles. The van der Waals surface area contributed by atoms with Crippen LogP contribution in [0.3, 0.4) is 0 Å². The number of carbonyl (C=O) groups excluding carboxylic acids is 1. The van der Waals surface area contributed by atoms with Crippen molar-refractivity contribution in [1.29, 1.82) is 0 Å². The third-order valence-electron chi connectivity index (χ3n) is 3.72. The molecule has 20 heavy (non-hydrogen) atoms. The molecule has 0 unspecified atom stereocenters. The smallest absolute Gasteiger partial charge is 0.225 e. The van der Waals surface area contributed by atoms with Crippen LogP contribution in [0.2, 0.25) is 0 Å². The second-order valence-corrected chi connectivity index (χ2v) is 5.31. The number of likely N-dealkylation sites (N-methyl/N-ethyl adjacent to an activating group) is 1. The summed E-state index contributed by atoms with van der Waals surface area (Å²) >= 11 is 0. The molecular formula is C15H21FN2O2. The first-order chi connectivity index (χ1) is 9.58. The van der Waals surface area contributed by atoms with E-state index in [0.717, 1.165) is 19.3 Å². The Bertz CT molecular complexity index is 467. The van der Waals surface area contributed by atoms with E-state index in [1.54, 1.807) is 30.1 Å². The number of rotatable bonds is 5. The van der Waals surface area contributed by atoms with E-state index in [-0.39, 0.29) is 36.0 Å². The van der Waals surface area contributed by atoms with Crippen LogP contribution in [0.15, 0.2) is 24.3 Å². The summed E-state index contributed by atoms with van der Waals surface area (Å²) in [6.07, 6.45) is 2.53. The summed E-state index contributed by atoms with van der Waals surface area (Å²) in [5.74, 6) is -0.0296. The lowest BCUT2D eigenvalue weighted by Gasteiger charge is -2.21. The van der Waals surface area contributed by atoms with E-state index >= 15 is 0 Å². The van der Waals surface area contributed by atoms with Gasteiger partial charge in [0.2, 0.25) is 5.91 Å². The molecule has 1 saturated carbocycles. The molecule has 0 aromatic heterocycles. The van der Waals surface area contributed by atoms with Crippen molar-refractivity contribution in [3.05, 3.63) is 30.1 Å². The first kappa shape index (κ1) is 14.8. The van der Waals surface area contributed by atoms with Gasteiger partial charge in [-0.25, -0.2) is 4.39 Å². The van der Waals surface area contributed by atoms with Gasteiger partial charge in [-0.1, -0.05) is 12.1 Å². The first-order valence-corrected chi connectivity index (χ1v) is 6.96. The fourth-order valence-corrected chi connectivity index (χ4v) is 2.52. The highest BCUT2D eigenvalue weighted by molar-refractivity contribution is 5.78. The summed E-state index contributed by atoms with van der Waals surface area (Å²) in [5.41, 5.74) is 5.82. The Morgan fingerprint density at radius 2 is 2.20 bits per heavy atom. The van der Waals surface area contributed by atoms with Crippen molar-refractivity contribution >= 4 is 5.91 Å². The van der Waals surface area contributed by atoms with E-state index in [4.69, 9.17) is 10.5 Å². The van der Waals surface area contributed by atoms with Gasteiger partial charge >= 0.3 is 0 Å². The van der Waals surface area contributed by atoms with Crippen LogP contribution in [0.1, 0.15) is 19.3 Å². The van der Waals surface area contributed by atoms with Crippen molar-refractivity contribution in [3.8, 4) is 5.75 Å². The lowest BCUT2D eigenvalue weighted by atomic mass is 10.1. The summed E-state index contributed by atoms with van der Waals surface area (Å²) in [6.45, 7) is 0.723. The topological polar surface area (TPSA) is 55.6 Å². The minimum absolute atomic E-state index is 0.0310. The van der Waals surface area contributed by atoms with Crippen LogP contribution in [-0.2, 0) is 4.79 Å². The van der Waals surface area contributed by atoms with Gasteiger partial charge in [0.05, 0.1) is 6.54 Å². The maximum Gasteiger partial charge on any atom is 0.225 e. The number of ether oxygens (including phenoxy) is 1. The fraction of sp³-hybridized carbons (Fsp3) is 0.533. The summed E-state index contributed by atoms with van der Waals surface area (Å²) in [5, 5.41) is 0. The van der Waals surface area contributed by atoms with E-state index < -0.39 is 0 Å². The standard InChI is InChI=1S/C15H21FN2O2/c1-18(15(19)11-6-7-12(17)10-11)8-9-20-14-5-3-2-4-13(14)16/h2-5,11-12H,6-10,17H2,1H3/t11-,12-/m1/s1. The second kappa shape index (κ2) is 6.70. The average molecular weight is 280 g/mol.